The van der Waals surface area contributed by atoms with Crippen LogP contribution in [0.2, 0.25) is 0 Å². The number of unbranched alkanes of at least 4 members (excludes halogenated alkanes) is 2. The van der Waals surface area contributed by atoms with Gasteiger partial charge in [0.25, 0.3) is 0 Å². The Balaban J connectivity index is 1.43. The molecule has 0 aromatic heterocycles. The Hall–Kier alpha value is -4.32. The monoisotopic (exact) mass is 579 g/mol. The molecule has 0 bridgehead atoms. The summed E-state index contributed by atoms with van der Waals surface area (Å²) in [5.41, 5.74) is 5.11. The van der Waals surface area contributed by atoms with Gasteiger partial charge in [0.15, 0.2) is 0 Å². The van der Waals surface area contributed by atoms with Gasteiger partial charge < -0.3 is 20.6 Å². The van der Waals surface area contributed by atoms with Crippen LogP contribution in [-0.2, 0) is 5.41 Å². The summed E-state index contributed by atoms with van der Waals surface area (Å²) in [5, 5.41) is 18.0. The molecule has 6 heteroatoms. The summed E-state index contributed by atoms with van der Waals surface area (Å²) in [6.07, 6.45) is 17.5. The molecule has 222 valence electrons. The lowest BCUT2D eigenvalue weighted by Gasteiger charge is -2.35. The Morgan fingerprint density at radius 2 is 1.65 bits per heavy atom. The number of nitrogens with one attached hydrogen (secondary N) is 2. The van der Waals surface area contributed by atoms with E-state index in [-0.39, 0.29) is 23.0 Å². The first-order chi connectivity index (χ1) is 21.0. The average molecular weight is 580 g/mol. The first kappa shape index (κ1) is 28.8. The van der Waals surface area contributed by atoms with Crippen molar-refractivity contribution in [2.24, 2.45) is 0 Å². The highest BCUT2D eigenvalue weighted by Crippen LogP contribution is 2.56. The third-order valence-corrected chi connectivity index (χ3v) is 9.00. The van der Waals surface area contributed by atoms with E-state index in [0.29, 0.717) is 5.56 Å². The lowest BCUT2D eigenvalue weighted by Crippen LogP contribution is -2.40. The molecule has 2 aliphatic heterocycles. The van der Waals surface area contributed by atoms with Gasteiger partial charge in [-0.15, -0.1) is 0 Å². The van der Waals surface area contributed by atoms with E-state index in [9.17, 15) is 5.11 Å². The standard InChI is InChI=1S/C37H39F2N3O/c1-3-5-20-37(21-6-4-2)27-15-12-16-33(43)35(27)36-28(37)18-19-31(41-36)26-23-32(30(39)24-29(26)38)42(25-13-8-7-9-14-25)34-17-10-11-22-40-34/h7-19,22-24,31,34,40-41,43H,3-6,20-21H2,1-2H3. The minimum Gasteiger partial charge on any atom is -0.507 e. The number of nitrogens with zero attached hydrogens (tertiary/aromatic N) is 1. The lowest BCUT2D eigenvalue weighted by atomic mass is 9.69. The average Bonchev–Trinajstić information content (AvgIpc) is 3.31. The molecular weight excluding hydrogens is 540 g/mol. The summed E-state index contributed by atoms with van der Waals surface area (Å²) < 4.78 is 31.3. The Kier molecular flexibility index (Phi) is 8.11. The van der Waals surface area contributed by atoms with E-state index in [4.69, 9.17) is 0 Å². The molecule has 2 heterocycles. The fraction of sp³-hybridized carbons (Fsp3) is 0.297. The van der Waals surface area contributed by atoms with Crippen LogP contribution in [0.25, 0.3) is 5.70 Å². The van der Waals surface area contributed by atoms with Crippen molar-refractivity contribution >= 4 is 17.1 Å². The van der Waals surface area contributed by atoms with E-state index >= 15 is 8.78 Å². The second kappa shape index (κ2) is 12.1. The van der Waals surface area contributed by atoms with Crippen molar-refractivity contribution in [3.63, 3.8) is 0 Å². The summed E-state index contributed by atoms with van der Waals surface area (Å²) in [7, 11) is 0. The van der Waals surface area contributed by atoms with Crippen molar-refractivity contribution in [2.75, 3.05) is 4.90 Å². The van der Waals surface area contributed by atoms with Crippen LogP contribution < -0.4 is 15.5 Å². The zero-order chi connectivity index (χ0) is 30.0. The van der Waals surface area contributed by atoms with E-state index in [1.807, 2.05) is 71.8 Å². The number of para-hydroxylation sites is 1. The van der Waals surface area contributed by atoms with Crippen LogP contribution in [0.3, 0.4) is 0 Å². The molecule has 0 saturated carbocycles. The molecule has 0 spiro atoms. The smallest absolute Gasteiger partial charge is 0.149 e. The maximum absolute atomic E-state index is 15.7. The van der Waals surface area contributed by atoms with E-state index < -0.39 is 17.7 Å². The normalized spacial score (nSPS) is 19.5. The number of hydrogen-bond acceptors (Lipinski definition) is 4. The number of halogens is 2. The largest absolute Gasteiger partial charge is 0.507 e. The summed E-state index contributed by atoms with van der Waals surface area (Å²) in [4.78, 5) is 1.84. The lowest BCUT2D eigenvalue weighted by molar-refractivity contribution is 0.407. The van der Waals surface area contributed by atoms with Crippen molar-refractivity contribution in [2.45, 2.75) is 70.0 Å². The molecule has 3 aromatic carbocycles. The van der Waals surface area contributed by atoms with Crippen LogP contribution in [0.1, 0.15) is 75.1 Å². The van der Waals surface area contributed by atoms with Gasteiger partial charge in [0, 0.05) is 28.3 Å². The second-order valence-corrected chi connectivity index (χ2v) is 11.6. The highest BCUT2D eigenvalue weighted by atomic mass is 19.1. The molecule has 0 radical (unpaired) electrons. The highest BCUT2D eigenvalue weighted by molar-refractivity contribution is 5.86. The maximum atomic E-state index is 15.7. The fourth-order valence-electron chi connectivity index (χ4n) is 6.92. The van der Waals surface area contributed by atoms with Crippen molar-refractivity contribution in [1.29, 1.82) is 0 Å². The third-order valence-electron chi connectivity index (χ3n) is 9.00. The minimum absolute atomic E-state index is 0.215. The number of benzene rings is 3. The van der Waals surface area contributed by atoms with Crippen LogP contribution in [0, 0.1) is 11.6 Å². The van der Waals surface area contributed by atoms with Gasteiger partial charge in [-0.1, -0.05) is 88.1 Å². The minimum atomic E-state index is -0.642. The Bertz CT molecular complexity index is 1600. The number of rotatable bonds is 10. The van der Waals surface area contributed by atoms with Gasteiger partial charge >= 0.3 is 0 Å². The predicted octanol–water partition coefficient (Wildman–Crippen LogP) is 9.05. The number of allylic oxidation sites excluding steroid dienone is 4. The molecule has 0 amide bonds. The van der Waals surface area contributed by atoms with Gasteiger partial charge in [-0.2, -0.15) is 0 Å². The van der Waals surface area contributed by atoms with Gasteiger partial charge in [-0.05, 0) is 66.6 Å². The van der Waals surface area contributed by atoms with Crippen LogP contribution in [-0.4, -0.2) is 11.3 Å². The first-order valence-electron chi connectivity index (χ1n) is 15.4. The molecule has 4 nitrogen and oxygen atoms in total. The number of phenols is 1. The van der Waals surface area contributed by atoms with E-state index in [2.05, 4.69) is 36.6 Å². The molecule has 2 atom stereocenters. The van der Waals surface area contributed by atoms with Crippen molar-refractivity contribution in [3.05, 3.63) is 131 Å². The molecule has 43 heavy (non-hydrogen) atoms. The van der Waals surface area contributed by atoms with Gasteiger partial charge in [0.05, 0.1) is 17.4 Å². The Morgan fingerprint density at radius 1 is 0.884 bits per heavy atom. The number of dihydropyridines is 2. The molecule has 2 unspecified atom stereocenters. The molecule has 1 aliphatic carbocycles. The number of anilines is 2. The maximum Gasteiger partial charge on any atom is 0.149 e. The van der Waals surface area contributed by atoms with Gasteiger partial charge in [-0.25, -0.2) is 8.78 Å². The number of fused-ring (bicyclic) bond motifs is 2. The summed E-state index contributed by atoms with van der Waals surface area (Å²) in [5.74, 6) is -1.04. The van der Waals surface area contributed by atoms with Crippen molar-refractivity contribution in [1.82, 2.24) is 10.6 Å². The quantitative estimate of drug-likeness (QED) is 0.224. The number of aromatic hydroxyl groups is 1. The Morgan fingerprint density at radius 3 is 2.35 bits per heavy atom. The van der Waals surface area contributed by atoms with Gasteiger partial charge in [0.1, 0.15) is 23.5 Å². The van der Waals surface area contributed by atoms with Crippen LogP contribution >= 0.6 is 0 Å². The van der Waals surface area contributed by atoms with Gasteiger partial charge in [-0.3, -0.25) is 0 Å². The molecular formula is C37H39F2N3O. The summed E-state index contributed by atoms with van der Waals surface area (Å²) >= 11 is 0. The zero-order valence-electron chi connectivity index (χ0n) is 24.8. The molecule has 3 aromatic rings. The molecule has 3 aliphatic rings. The number of phenolic OH excluding ortho intramolecular Hbond substituents is 1. The third kappa shape index (κ3) is 5.13. The summed E-state index contributed by atoms with van der Waals surface area (Å²) in [6.45, 7) is 4.41. The van der Waals surface area contributed by atoms with Crippen LogP contribution in [0.4, 0.5) is 20.2 Å². The topological polar surface area (TPSA) is 47.5 Å². The summed E-state index contributed by atoms with van der Waals surface area (Å²) in [6, 6.07) is 17.4. The van der Waals surface area contributed by atoms with Crippen molar-refractivity contribution < 1.29 is 13.9 Å². The molecule has 3 N–H and O–H groups in total. The molecule has 0 saturated heterocycles. The molecule has 0 fully saturated rings. The Labute approximate surface area is 253 Å². The fourth-order valence-corrected chi connectivity index (χ4v) is 6.92. The van der Waals surface area contributed by atoms with E-state index in [1.54, 1.807) is 12.1 Å². The van der Waals surface area contributed by atoms with Crippen LogP contribution in [0.5, 0.6) is 5.75 Å². The highest BCUT2D eigenvalue weighted by Gasteiger charge is 2.46. The zero-order valence-corrected chi connectivity index (χ0v) is 24.8. The number of hydrogen-bond donors (Lipinski definition) is 3. The van der Waals surface area contributed by atoms with Crippen molar-refractivity contribution in [3.8, 4) is 5.75 Å². The SMILES string of the molecule is CCCCC1(CCCC)C2=C(NC(c3cc(N(c4ccccc4)C4C=CC=CN4)c(F)cc3F)C=C2)c2c(O)cccc21. The molecule has 6 rings (SSSR count). The predicted molar refractivity (Wildman–Crippen MR) is 171 cm³/mol. The van der Waals surface area contributed by atoms with Gasteiger partial charge in [0.2, 0.25) is 0 Å². The van der Waals surface area contributed by atoms with E-state index in [1.165, 1.54) is 0 Å². The van der Waals surface area contributed by atoms with Crippen LogP contribution in [0.15, 0.2) is 103 Å². The first-order valence-corrected chi connectivity index (χ1v) is 15.4. The second-order valence-electron chi connectivity index (χ2n) is 11.6. The van der Waals surface area contributed by atoms with E-state index in [0.717, 1.165) is 72.7 Å².